The van der Waals surface area contributed by atoms with Crippen molar-refractivity contribution in [1.29, 1.82) is 0 Å². The molecular weight excluding hydrogens is 477 g/mol. The van der Waals surface area contributed by atoms with Crippen LogP contribution in [0.5, 0.6) is 0 Å². The number of amides is 1. The van der Waals surface area contributed by atoms with Gasteiger partial charge in [-0.1, -0.05) is 6.07 Å². The second kappa shape index (κ2) is 8.62. The van der Waals surface area contributed by atoms with Crippen molar-refractivity contribution < 1.29 is 18.0 Å². The Morgan fingerprint density at radius 3 is 2.51 bits per heavy atom. The van der Waals surface area contributed by atoms with Gasteiger partial charge in [0.1, 0.15) is 0 Å². The molecule has 2 aromatic carbocycles. The lowest BCUT2D eigenvalue weighted by molar-refractivity contribution is -0.137. The molecule has 1 atom stereocenters. The molecular formula is C25H17F3N4O2S. The maximum Gasteiger partial charge on any atom is 0.416 e. The Bertz CT molecular complexity index is 1610. The zero-order valence-electron chi connectivity index (χ0n) is 18.2. The van der Waals surface area contributed by atoms with E-state index in [2.05, 4.69) is 14.7 Å². The summed E-state index contributed by atoms with van der Waals surface area (Å²) in [5.41, 5.74) is 0.721. The molecule has 176 valence electrons. The van der Waals surface area contributed by atoms with Gasteiger partial charge in [-0.3, -0.25) is 19.1 Å². The van der Waals surface area contributed by atoms with E-state index in [9.17, 15) is 22.8 Å². The third-order valence-electron chi connectivity index (χ3n) is 5.70. The molecule has 5 rings (SSSR count). The highest BCUT2D eigenvalue weighted by Gasteiger charge is 2.30. The first-order valence-electron chi connectivity index (χ1n) is 10.6. The summed E-state index contributed by atoms with van der Waals surface area (Å²) in [6.45, 7) is 1.82. The SMILES string of the molecule is C[C@H](NC(=O)c1ccc2c(c1)c1csnc1c(=O)n2-c1ccc(C(F)(F)F)cc1)c1ccccn1. The van der Waals surface area contributed by atoms with Crippen molar-refractivity contribution in [2.75, 3.05) is 0 Å². The fourth-order valence-corrected chi connectivity index (χ4v) is 4.61. The van der Waals surface area contributed by atoms with E-state index in [1.807, 2.05) is 19.1 Å². The second-order valence-corrected chi connectivity index (χ2v) is 8.57. The molecule has 0 bridgehead atoms. The highest BCUT2D eigenvalue weighted by molar-refractivity contribution is 7.04. The lowest BCUT2D eigenvalue weighted by atomic mass is 10.1. The fourth-order valence-electron chi connectivity index (χ4n) is 3.93. The smallest absolute Gasteiger partial charge is 0.344 e. The van der Waals surface area contributed by atoms with Crippen molar-refractivity contribution in [1.82, 2.24) is 19.2 Å². The molecule has 3 heterocycles. The van der Waals surface area contributed by atoms with E-state index >= 15 is 0 Å². The number of carbonyl (C=O) groups is 1. The van der Waals surface area contributed by atoms with E-state index in [0.29, 0.717) is 27.5 Å². The van der Waals surface area contributed by atoms with E-state index in [1.54, 1.807) is 35.8 Å². The van der Waals surface area contributed by atoms with Crippen LogP contribution in [0.4, 0.5) is 13.2 Å². The monoisotopic (exact) mass is 494 g/mol. The summed E-state index contributed by atoms with van der Waals surface area (Å²) in [4.78, 5) is 30.4. The first kappa shape index (κ1) is 22.7. The molecule has 0 aliphatic carbocycles. The third kappa shape index (κ3) is 4.17. The van der Waals surface area contributed by atoms with Crippen molar-refractivity contribution in [3.8, 4) is 5.69 Å². The quantitative estimate of drug-likeness (QED) is 0.358. The number of alkyl halides is 3. The van der Waals surface area contributed by atoms with Crippen LogP contribution in [0.25, 0.3) is 27.5 Å². The predicted molar refractivity (Wildman–Crippen MR) is 128 cm³/mol. The molecule has 0 saturated heterocycles. The average molecular weight is 494 g/mol. The Morgan fingerprint density at radius 2 is 1.83 bits per heavy atom. The predicted octanol–water partition coefficient (Wildman–Crippen LogP) is 5.51. The number of aromatic nitrogens is 3. The first-order valence-corrected chi connectivity index (χ1v) is 11.4. The zero-order valence-corrected chi connectivity index (χ0v) is 19.0. The van der Waals surface area contributed by atoms with E-state index in [4.69, 9.17) is 0 Å². The Hall–Kier alpha value is -4.05. The van der Waals surface area contributed by atoms with Crippen LogP contribution in [0.1, 0.15) is 34.6 Å². The summed E-state index contributed by atoms with van der Waals surface area (Å²) in [7, 11) is 0. The van der Waals surface area contributed by atoms with E-state index in [-0.39, 0.29) is 23.2 Å². The summed E-state index contributed by atoms with van der Waals surface area (Å²) < 4.78 is 44.6. The maximum absolute atomic E-state index is 13.2. The highest BCUT2D eigenvalue weighted by atomic mass is 32.1. The normalized spacial score (nSPS) is 12.7. The molecule has 0 radical (unpaired) electrons. The lowest BCUT2D eigenvalue weighted by Crippen LogP contribution is -2.27. The highest BCUT2D eigenvalue weighted by Crippen LogP contribution is 2.31. The molecule has 3 aromatic heterocycles. The summed E-state index contributed by atoms with van der Waals surface area (Å²) in [5, 5.41) is 5.79. The fraction of sp³-hybridized carbons (Fsp3) is 0.120. The number of hydrogen-bond donors (Lipinski definition) is 1. The molecule has 0 unspecified atom stereocenters. The van der Waals surface area contributed by atoms with E-state index in [0.717, 1.165) is 23.7 Å². The Kier molecular flexibility index (Phi) is 5.60. The van der Waals surface area contributed by atoms with Gasteiger partial charge < -0.3 is 5.32 Å². The van der Waals surface area contributed by atoms with Crippen LogP contribution in [0, 0.1) is 0 Å². The van der Waals surface area contributed by atoms with Gasteiger partial charge in [-0.25, -0.2) is 0 Å². The molecule has 0 aliphatic rings. The summed E-state index contributed by atoms with van der Waals surface area (Å²) >= 11 is 1.09. The third-order valence-corrected chi connectivity index (χ3v) is 6.33. The number of hydrogen-bond acceptors (Lipinski definition) is 5. The van der Waals surface area contributed by atoms with Gasteiger partial charge >= 0.3 is 6.18 Å². The van der Waals surface area contributed by atoms with Gasteiger partial charge in [0.15, 0.2) is 5.52 Å². The number of nitrogens with zero attached hydrogens (tertiary/aromatic N) is 3. The van der Waals surface area contributed by atoms with Gasteiger partial charge in [-0.2, -0.15) is 17.5 Å². The summed E-state index contributed by atoms with van der Waals surface area (Å²) in [6, 6.07) is 14.3. The van der Waals surface area contributed by atoms with Gasteiger partial charge in [0, 0.05) is 33.6 Å². The summed E-state index contributed by atoms with van der Waals surface area (Å²) in [6.07, 6.45) is -2.84. The van der Waals surface area contributed by atoms with Crippen molar-refractivity contribution >= 4 is 39.2 Å². The molecule has 1 N–H and O–H groups in total. The topological polar surface area (TPSA) is 76.9 Å². The largest absolute Gasteiger partial charge is 0.416 e. The molecule has 0 spiro atoms. The molecule has 5 aromatic rings. The molecule has 0 fully saturated rings. The number of nitrogens with one attached hydrogen (secondary N) is 1. The van der Waals surface area contributed by atoms with Crippen LogP contribution < -0.4 is 10.9 Å². The Balaban J connectivity index is 1.60. The first-order chi connectivity index (χ1) is 16.7. The summed E-state index contributed by atoms with van der Waals surface area (Å²) in [5.74, 6) is -0.325. The minimum absolute atomic E-state index is 0.182. The lowest BCUT2D eigenvalue weighted by Gasteiger charge is -2.15. The second-order valence-electron chi connectivity index (χ2n) is 7.94. The standard InChI is InChI=1S/C25H17F3N4O2S/c1-14(20-4-2-3-11-29-20)30-23(33)15-5-10-21-18(12-15)19-13-35-31-22(19)24(34)32(21)17-8-6-16(7-9-17)25(26,27)28/h2-14H,1H3,(H,30,33)/t14-/m0/s1. The molecule has 0 saturated carbocycles. The molecule has 0 aliphatic heterocycles. The Morgan fingerprint density at radius 1 is 1.06 bits per heavy atom. The Labute approximate surface area is 200 Å². The average Bonchev–Trinajstić information content (AvgIpc) is 3.35. The van der Waals surface area contributed by atoms with Gasteiger partial charge in [0.25, 0.3) is 11.5 Å². The van der Waals surface area contributed by atoms with Crippen molar-refractivity contribution in [2.24, 2.45) is 0 Å². The number of rotatable bonds is 4. The van der Waals surface area contributed by atoms with Crippen molar-refractivity contribution in [3.63, 3.8) is 0 Å². The van der Waals surface area contributed by atoms with Gasteiger partial charge in [-0.05, 0) is 73.1 Å². The van der Waals surface area contributed by atoms with Gasteiger partial charge in [0.05, 0.1) is 22.8 Å². The van der Waals surface area contributed by atoms with Crippen LogP contribution in [-0.4, -0.2) is 19.8 Å². The van der Waals surface area contributed by atoms with E-state index in [1.165, 1.54) is 16.7 Å². The van der Waals surface area contributed by atoms with Crippen LogP contribution in [0.15, 0.2) is 77.0 Å². The number of halogens is 3. The van der Waals surface area contributed by atoms with Crippen LogP contribution in [0.3, 0.4) is 0 Å². The molecule has 35 heavy (non-hydrogen) atoms. The minimum atomic E-state index is -4.49. The van der Waals surface area contributed by atoms with Crippen LogP contribution >= 0.6 is 11.5 Å². The van der Waals surface area contributed by atoms with Crippen LogP contribution in [0.2, 0.25) is 0 Å². The number of benzene rings is 2. The van der Waals surface area contributed by atoms with Gasteiger partial charge in [-0.15, -0.1) is 0 Å². The number of carbonyl (C=O) groups excluding carboxylic acids is 1. The van der Waals surface area contributed by atoms with Crippen molar-refractivity contribution in [3.05, 3.63) is 99.4 Å². The molecule has 6 nitrogen and oxygen atoms in total. The van der Waals surface area contributed by atoms with E-state index < -0.39 is 17.3 Å². The molecule has 10 heteroatoms. The number of pyridine rings is 2. The minimum Gasteiger partial charge on any atom is -0.344 e. The van der Waals surface area contributed by atoms with Crippen molar-refractivity contribution in [2.45, 2.75) is 19.1 Å². The molecule has 1 amide bonds. The number of fused-ring (bicyclic) bond motifs is 3. The van der Waals surface area contributed by atoms with Gasteiger partial charge in [0.2, 0.25) is 0 Å². The zero-order chi connectivity index (χ0) is 24.7. The maximum atomic E-state index is 13.2. The van der Waals surface area contributed by atoms with Crippen LogP contribution in [-0.2, 0) is 6.18 Å².